The Labute approximate surface area is 261 Å². The zero-order valence-electron chi connectivity index (χ0n) is 25.7. The van der Waals surface area contributed by atoms with E-state index in [1.165, 1.54) is 6.07 Å². The monoisotopic (exact) mass is 616 g/mol. The van der Waals surface area contributed by atoms with E-state index in [1.54, 1.807) is 13.0 Å². The van der Waals surface area contributed by atoms with Gasteiger partial charge in [0.15, 0.2) is 11.8 Å². The van der Waals surface area contributed by atoms with E-state index in [4.69, 9.17) is 4.52 Å². The van der Waals surface area contributed by atoms with Crippen LogP contribution in [-0.4, -0.2) is 64.7 Å². The van der Waals surface area contributed by atoms with E-state index in [1.807, 2.05) is 56.3 Å². The predicted octanol–water partition coefficient (Wildman–Crippen LogP) is 2.29. The highest BCUT2D eigenvalue weighted by Gasteiger charge is 2.34. The third kappa shape index (κ3) is 8.89. The van der Waals surface area contributed by atoms with Gasteiger partial charge in [-0.15, -0.1) is 0 Å². The summed E-state index contributed by atoms with van der Waals surface area (Å²) in [6.45, 7) is 5.99. The van der Waals surface area contributed by atoms with Crippen molar-refractivity contribution >= 4 is 34.4 Å². The fourth-order valence-corrected chi connectivity index (χ4v) is 5.59. The second-order valence-corrected chi connectivity index (χ2v) is 11.9. The molecule has 4 unspecified atom stereocenters. The summed E-state index contributed by atoms with van der Waals surface area (Å²) >= 11 is 0. The van der Waals surface area contributed by atoms with Crippen molar-refractivity contribution in [3.8, 4) is 6.07 Å². The van der Waals surface area contributed by atoms with Crippen LogP contribution in [0.4, 0.5) is 0 Å². The van der Waals surface area contributed by atoms with Crippen LogP contribution in [0.15, 0.2) is 53.1 Å². The molecule has 0 spiro atoms. The third-order valence-electron chi connectivity index (χ3n) is 7.91. The van der Waals surface area contributed by atoms with Crippen molar-refractivity contribution in [2.45, 2.75) is 77.1 Å². The van der Waals surface area contributed by atoms with Gasteiger partial charge in [-0.25, -0.2) is 0 Å². The Hall–Kier alpha value is -4.76. The summed E-state index contributed by atoms with van der Waals surface area (Å²) in [5.74, 6) is -2.05. The Bertz CT molecular complexity index is 1560. The number of benzene rings is 2. The smallest absolute Gasteiger partial charge is 0.274 e. The molecule has 1 saturated heterocycles. The number of amides is 4. The molecule has 0 bridgehead atoms. The summed E-state index contributed by atoms with van der Waals surface area (Å²) in [5, 5.41) is 36.5. The number of aromatic nitrogens is 1. The number of rotatable bonds is 13. The van der Waals surface area contributed by atoms with Crippen molar-refractivity contribution in [2.24, 2.45) is 11.8 Å². The van der Waals surface area contributed by atoms with Crippen LogP contribution in [0.3, 0.4) is 0 Å². The number of aryl methyl sites for hydroxylation is 1. The maximum atomic E-state index is 13.9. The molecule has 0 saturated carbocycles. The number of hydrogen-bond donors (Lipinski definition) is 5. The summed E-state index contributed by atoms with van der Waals surface area (Å²) in [7, 11) is 0. The van der Waals surface area contributed by atoms with Crippen molar-refractivity contribution in [1.82, 2.24) is 26.4 Å². The number of nitrogens with one attached hydrogen (secondary N) is 4. The highest BCUT2D eigenvalue weighted by atomic mass is 16.5. The summed E-state index contributed by atoms with van der Waals surface area (Å²) in [5.41, 5.74) is 0.831. The van der Waals surface area contributed by atoms with Crippen molar-refractivity contribution in [3.63, 3.8) is 0 Å². The minimum atomic E-state index is -1.55. The largest absolute Gasteiger partial charge is 0.376 e. The number of fused-ring (bicyclic) bond motifs is 1. The van der Waals surface area contributed by atoms with Gasteiger partial charge in [-0.05, 0) is 54.9 Å². The number of carbonyl (C=O) groups excluding carboxylic acids is 4. The van der Waals surface area contributed by atoms with E-state index in [0.717, 1.165) is 22.8 Å². The second kappa shape index (κ2) is 15.3. The van der Waals surface area contributed by atoms with Crippen LogP contribution in [0.25, 0.3) is 10.8 Å². The minimum absolute atomic E-state index is 0.0137. The van der Waals surface area contributed by atoms with Gasteiger partial charge in [0.2, 0.25) is 17.7 Å². The SMILES string of the molecule is Cc1cc(C(=O)NC(Cc2cccc3ccccc23)C(=O)NC(CC(C)C)C(=O)NC(C[C@@H]2CCCNC2=O)C(O)C#N)no1. The highest BCUT2D eigenvalue weighted by molar-refractivity contribution is 5.98. The second-order valence-electron chi connectivity index (χ2n) is 11.9. The average Bonchev–Trinajstić information content (AvgIpc) is 3.46. The molecule has 2 aromatic carbocycles. The molecule has 4 rings (SSSR count). The molecule has 1 aromatic heterocycles. The molecule has 0 radical (unpaired) electrons. The van der Waals surface area contributed by atoms with E-state index < -0.39 is 47.9 Å². The lowest BCUT2D eigenvalue weighted by Crippen LogP contribution is -2.57. The van der Waals surface area contributed by atoms with Gasteiger partial charge in [0.1, 0.15) is 17.8 Å². The lowest BCUT2D eigenvalue weighted by atomic mass is 9.89. The van der Waals surface area contributed by atoms with Gasteiger partial charge in [0, 0.05) is 24.9 Å². The summed E-state index contributed by atoms with van der Waals surface area (Å²) in [6.07, 6.45) is 0.216. The molecule has 0 aliphatic carbocycles. The molecule has 1 aliphatic heterocycles. The van der Waals surface area contributed by atoms with Crippen LogP contribution in [0.1, 0.15) is 61.3 Å². The summed E-state index contributed by atoms with van der Waals surface area (Å²) in [4.78, 5) is 53.0. The normalized spacial score (nSPS) is 17.4. The van der Waals surface area contributed by atoms with Crippen LogP contribution >= 0.6 is 0 Å². The quantitative estimate of drug-likeness (QED) is 0.181. The third-order valence-corrected chi connectivity index (χ3v) is 7.91. The van der Waals surface area contributed by atoms with Crippen LogP contribution < -0.4 is 21.3 Å². The molecule has 1 aliphatic rings. The zero-order chi connectivity index (χ0) is 32.5. The first-order valence-electron chi connectivity index (χ1n) is 15.2. The first kappa shape index (κ1) is 33.1. The van der Waals surface area contributed by atoms with Gasteiger partial charge >= 0.3 is 0 Å². The maximum Gasteiger partial charge on any atom is 0.274 e. The molecule has 4 amide bonds. The topological polar surface area (TPSA) is 186 Å². The predicted molar refractivity (Wildman–Crippen MR) is 165 cm³/mol. The van der Waals surface area contributed by atoms with E-state index in [-0.39, 0.29) is 36.8 Å². The van der Waals surface area contributed by atoms with Crippen molar-refractivity contribution in [3.05, 3.63) is 65.5 Å². The van der Waals surface area contributed by atoms with Gasteiger partial charge in [0.25, 0.3) is 5.91 Å². The minimum Gasteiger partial charge on any atom is -0.376 e. The van der Waals surface area contributed by atoms with Crippen molar-refractivity contribution < 1.29 is 28.8 Å². The fourth-order valence-electron chi connectivity index (χ4n) is 5.59. The van der Waals surface area contributed by atoms with E-state index in [9.17, 15) is 29.5 Å². The standard InChI is InChI=1S/C33H40N6O6/c1-19(2)14-26(31(42)36-25(29(40)18-34)17-23-11-7-13-35-30(23)41)37-32(43)27(38-33(44)28-15-20(3)45-39-28)16-22-10-6-9-21-8-4-5-12-24(21)22/h4-6,8-10,12,15,19,23,25-27,29,40H,7,11,13-14,16-17H2,1-3H3,(H,35,41)(H,36,42)(H,37,43)(H,38,44)/t23-,25?,26?,27?,29?/m0/s1. The molecule has 5 N–H and O–H groups in total. The van der Waals surface area contributed by atoms with E-state index in [0.29, 0.717) is 18.7 Å². The van der Waals surface area contributed by atoms with Crippen molar-refractivity contribution in [2.75, 3.05) is 6.54 Å². The number of nitriles is 1. The number of nitrogens with zero attached hydrogens (tertiary/aromatic N) is 2. The molecule has 3 aromatic rings. The Kier molecular flexibility index (Phi) is 11.3. The van der Waals surface area contributed by atoms with Crippen LogP contribution in [0, 0.1) is 30.1 Å². The number of piperidine rings is 1. The molecular weight excluding hydrogens is 576 g/mol. The van der Waals surface area contributed by atoms with E-state index in [2.05, 4.69) is 26.4 Å². The average molecular weight is 617 g/mol. The van der Waals surface area contributed by atoms with Crippen molar-refractivity contribution in [1.29, 1.82) is 5.26 Å². The highest BCUT2D eigenvalue weighted by Crippen LogP contribution is 2.21. The summed E-state index contributed by atoms with van der Waals surface area (Å²) in [6, 6.07) is 13.5. The molecule has 2 heterocycles. The maximum absolute atomic E-state index is 13.9. The molecule has 45 heavy (non-hydrogen) atoms. The lowest BCUT2D eigenvalue weighted by molar-refractivity contribution is -0.131. The summed E-state index contributed by atoms with van der Waals surface area (Å²) < 4.78 is 5.04. The molecule has 12 heteroatoms. The van der Waals surface area contributed by atoms with Crippen LogP contribution in [0.2, 0.25) is 0 Å². The van der Waals surface area contributed by atoms with Crippen LogP contribution in [0.5, 0.6) is 0 Å². The Balaban J connectivity index is 1.57. The van der Waals surface area contributed by atoms with Gasteiger partial charge in [-0.2, -0.15) is 5.26 Å². The number of aliphatic hydroxyl groups is 1. The van der Waals surface area contributed by atoms with E-state index >= 15 is 0 Å². The van der Waals surface area contributed by atoms with Gasteiger partial charge < -0.3 is 30.9 Å². The lowest BCUT2D eigenvalue weighted by Gasteiger charge is -2.30. The van der Waals surface area contributed by atoms with Crippen LogP contribution in [-0.2, 0) is 20.8 Å². The Morgan fingerprint density at radius 3 is 2.51 bits per heavy atom. The number of hydrogen-bond acceptors (Lipinski definition) is 8. The van der Waals surface area contributed by atoms with Gasteiger partial charge in [-0.1, -0.05) is 61.5 Å². The molecule has 12 nitrogen and oxygen atoms in total. The molecule has 238 valence electrons. The first-order valence-corrected chi connectivity index (χ1v) is 15.2. The fraction of sp³-hybridized carbons (Fsp3) is 0.455. The molecule has 1 fully saturated rings. The first-order chi connectivity index (χ1) is 21.5. The van der Waals surface area contributed by atoms with Gasteiger partial charge in [-0.3, -0.25) is 19.2 Å². The van der Waals surface area contributed by atoms with Gasteiger partial charge in [0.05, 0.1) is 12.1 Å². The number of aliphatic hydroxyl groups excluding tert-OH is 1. The number of carbonyl (C=O) groups is 4. The molecular formula is C33H40N6O6. The zero-order valence-corrected chi connectivity index (χ0v) is 25.7. The molecule has 5 atom stereocenters. The Morgan fingerprint density at radius 1 is 1.09 bits per heavy atom. The Morgan fingerprint density at radius 2 is 1.82 bits per heavy atom.